The molecule has 4 heteroatoms. The molecule has 0 saturated heterocycles. The Morgan fingerprint density at radius 3 is 2.75 bits per heavy atom. The zero-order chi connectivity index (χ0) is 11.7. The molecule has 0 atom stereocenters. The molecule has 0 radical (unpaired) electrons. The van der Waals surface area contributed by atoms with Crippen molar-refractivity contribution in [3.63, 3.8) is 0 Å². The molecule has 1 aromatic heterocycles. The van der Waals surface area contributed by atoms with Crippen molar-refractivity contribution >= 4 is 21.6 Å². The minimum Gasteiger partial charge on any atom is -0.397 e. The summed E-state index contributed by atoms with van der Waals surface area (Å²) in [5, 5.41) is 0. The van der Waals surface area contributed by atoms with Gasteiger partial charge in [-0.1, -0.05) is 15.9 Å². The number of benzene rings is 1. The standard InChI is InChI=1S/C12H10BrFN2/c1-7-4-11(15)12(16-6-7)9-5-8(13)2-3-10(9)14/h2-6H,15H2,1H3. The van der Waals surface area contributed by atoms with Crippen molar-refractivity contribution in [1.29, 1.82) is 0 Å². The van der Waals surface area contributed by atoms with Crippen LogP contribution in [0.5, 0.6) is 0 Å². The summed E-state index contributed by atoms with van der Waals surface area (Å²) in [4.78, 5) is 4.16. The molecule has 0 aliphatic rings. The second kappa shape index (κ2) is 4.22. The van der Waals surface area contributed by atoms with Crippen molar-refractivity contribution in [2.24, 2.45) is 0 Å². The number of hydrogen-bond acceptors (Lipinski definition) is 2. The number of aryl methyl sites for hydroxylation is 1. The average molecular weight is 281 g/mol. The average Bonchev–Trinajstić information content (AvgIpc) is 2.22. The molecule has 2 rings (SSSR count). The number of aromatic nitrogens is 1. The number of hydrogen-bond donors (Lipinski definition) is 1. The van der Waals surface area contributed by atoms with Gasteiger partial charge in [0.05, 0.1) is 11.4 Å². The molecule has 16 heavy (non-hydrogen) atoms. The molecule has 1 aromatic carbocycles. The van der Waals surface area contributed by atoms with Crippen molar-refractivity contribution in [2.45, 2.75) is 6.92 Å². The lowest BCUT2D eigenvalue weighted by Crippen LogP contribution is -1.96. The van der Waals surface area contributed by atoms with Gasteiger partial charge in [0.15, 0.2) is 0 Å². The number of nitrogens with zero attached hydrogens (tertiary/aromatic N) is 1. The predicted octanol–water partition coefficient (Wildman–Crippen LogP) is 3.54. The van der Waals surface area contributed by atoms with Gasteiger partial charge in [-0.15, -0.1) is 0 Å². The van der Waals surface area contributed by atoms with Crippen molar-refractivity contribution in [3.05, 3.63) is 46.3 Å². The lowest BCUT2D eigenvalue weighted by molar-refractivity contribution is 0.630. The van der Waals surface area contributed by atoms with Crippen LogP contribution in [0.3, 0.4) is 0 Å². The van der Waals surface area contributed by atoms with Gasteiger partial charge < -0.3 is 5.73 Å². The van der Waals surface area contributed by atoms with Gasteiger partial charge in [-0.05, 0) is 36.8 Å². The van der Waals surface area contributed by atoms with Gasteiger partial charge in [0.2, 0.25) is 0 Å². The third-order valence-corrected chi connectivity index (χ3v) is 2.73. The number of anilines is 1. The Balaban J connectivity index is 2.62. The van der Waals surface area contributed by atoms with Gasteiger partial charge in [0.25, 0.3) is 0 Å². The van der Waals surface area contributed by atoms with Crippen LogP contribution in [0.2, 0.25) is 0 Å². The largest absolute Gasteiger partial charge is 0.397 e. The summed E-state index contributed by atoms with van der Waals surface area (Å²) in [5.74, 6) is -0.328. The van der Waals surface area contributed by atoms with E-state index in [4.69, 9.17) is 5.73 Å². The van der Waals surface area contributed by atoms with Gasteiger partial charge >= 0.3 is 0 Å². The molecular formula is C12H10BrFN2. The zero-order valence-corrected chi connectivity index (χ0v) is 10.3. The Kier molecular flexibility index (Phi) is 2.92. The Labute approximate surface area is 101 Å². The molecule has 0 aliphatic heterocycles. The fourth-order valence-electron chi connectivity index (χ4n) is 1.50. The van der Waals surface area contributed by atoms with E-state index >= 15 is 0 Å². The first-order valence-corrected chi connectivity index (χ1v) is 5.55. The van der Waals surface area contributed by atoms with E-state index in [0.29, 0.717) is 16.9 Å². The van der Waals surface area contributed by atoms with E-state index in [-0.39, 0.29) is 5.82 Å². The fraction of sp³-hybridized carbons (Fsp3) is 0.0833. The zero-order valence-electron chi connectivity index (χ0n) is 8.67. The molecule has 0 bridgehead atoms. The first-order chi connectivity index (χ1) is 7.58. The summed E-state index contributed by atoms with van der Waals surface area (Å²) in [6.45, 7) is 1.89. The van der Waals surface area contributed by atoms with Crippen LogP contribution in [0, 0.1) is 12.7 Å². The van der Waals surface area contributed by atoms with E-state index in [0.717, 1.165) is 10.0 Å². The van der Waals surface area contributed by atoms with Crippen molar-refractivity contribution < 1.29 is 4.39 Å². The van der Waals surface area contributed by atoms with Gasteiger partial charge in [0, 0.05) is 16.2 Å². The highest BCUT2D eigenvalue weighted by atomic mass is 79.9. The van der Waals surface area contributed by atoms with Crippen LogP contribution in [-0.2, 0) is 0 Å². The third kappa shape index (κ3) is 2.07. The summed E-state index contributed by atoms with van der Waals surface area (Å²) in [6.07, 6.45) is 1.67. The molecular weight excluding hydrogens is 271 g/mol. The second-order valence-electron chi connectivity index (χ2n) is 3.57. The van der Waals surface area contributed by atoms with Crippen LogP contribution in [0.25, 0.3) is 11.3 Å². The molecule has 0 unspecified atom stereocenters. The number of rotatable bonds is 1. The highest BCUT2D eigenvalue weighted by molar-refractivity contribution is 9.10. The first kappa shape index (κ1) is 11.1. The van der Waals surface area contributed by atoms with E-state index in [1.807, 2.05) is 6.92 Å². The summed E-state index contributed by atoms with van der Waals surface area (Å²) >= 11 is 3.30. The molecule has 82 valence electrons. The van der Waals surface area contributed by atoms with Crippen LogP contribution >= 0.6 is 15.9 Å². The van der Waals surface area contributed by atoms with E-state index in [2.05, 4.69) is 20.9 Å². The minimum atomic E-state index is -0.328. The maximum atomic E-state index is 13.6. The third-order valence-electron chi connectivity index (χ3n) is 2.24. The van der Waals surface area contributed by atoms with Gasteiger partial charge in [-0.3, -0.25) is 4.98 Å². The lowest BCUT2D eigenvalue weighted by Gasteiger charge is -2.07. The van der Waals surface area contributed by atoms with Crippen LogP contribution < -0.4 is 5.73 Å². The number of halogens is 2. The Morgan fingerprint density at radius 2 is 2.06 bits per heavy atom. The molecule has 0 aliphatic carbocycles. The molecule has 1 heterocycles. The summed E-state index contributed by atoms with van der Waals surface area (Å²) in [5.41, 5.74) is 8.15. The lowest BCUT2D eigenvalue weighted by atomic mass is 10.1. The molecule has 2 nitrogen and oxygen atoms in total. The topological polar surface area (TPSA) is 38.9 Å². The summed E-state index contributed by atoms with van der Waals surface area (Å²) in [7, 11) is 0. The Morgan fingerprint density at radius 1 is 1.31 bits per heavy atom. The Bertz CT molecular complexity index is 541. The first-order valence-electron chi connectivity index (χ1n) is 4.75. The molecule has 2 aromatic rings. The molecule has 0 spiro atoms. The van der Waals surface area contributed by atoms with Crippen LogP contribution in [0.4, 0.5) is 10.1 Å². The smallest absolute Gasteiger partial charge is 0.132 e. The fourth-order valence-corrected chi connectivity index (χ4v) is 1.86. The second-order valence-corrected chi connectivity index (χ2v) is 4.49. The van der Waals surface area contributed by atoms with Crippen molar-refractivity contribution in [3.8, 4) is 11.3 Å². The SMILES string of the molecule is Cc1cnc(-c2cc(Br)ccc2F)c(N)c1. The normalized spacial score (nSPS) is 10.4. The van der Waals surface area contributed by atoms with E-state index < -0.39 is 0 Å². The molecule has 0 saturated carbocycles. The highest BCUT2D eigenvalue weighted by Gasteiger charge is 2.10. The number of pyridine rings is 1. The van der Waals surface area contributed by atoms with Gasteiger partial charge in [-0.25, -0.2) is 4.39 Å². The molecule has 0 fully saturated rings. The van der Waals surface area contributed by atoms with Crippen LogP contribution in [-0.4, -0.2) is 4.98 Å². The number of nitrogens with two attached hydrogens (primary N) is 1. The summed E-state index contributed by atoms with van der Waals surface area (Å²) in [6, 6.07) is 6.48. The van der Waals surface area contributed by atoms with E-state index in [9.17, 15) is 4.39 Å². The molecule has 0 amide bonds. The maximum Gasteiger partial charge on any atom is 0.132 e. The van der Waals surface area contributed by atoms with Crippen LogP contribution in [0.1, 0.15) is 5.56 Å². The van der Waals surface area contributed by atoms with Crippen molar-refractivity contribution in [1.82, 2.24) is 4.98 Å². The van der Waals surface area contributed by atoms with Gasteiger partial charge in [-0.2, -0.15) is 0 Å². The minimum absolute atomic E-state index is 0.328. The maximum absolute atomic E-state index is 13.6. The van der Waals surface area contributed by atoms with Gasteiger partial charge in [0.1, 0.15) is 5.82 Å². The monoisotopic (exact) mass is 280 g/mol. The predicted molar refractivity (Wildman–Crippen MR) is 66.5 cm³/mol. The highest BCUT2D eigenvalue weighted by Crippen LogP contribution is 2.28. The number of nitrogen functional groups attached to an aromatic ring is 1. The quantitative estimate of drug-likeness (QED) is 0.868. The summed E-state index contributed by atoms with van der Waals surface area (Å²) < 4.78 is 14.4. The molecule has 2 N–H and O–H groups in total. The Hall–Kier alpha value is -1.42. The van der Waals surface area contributed by atoms with Crippen molar-refractivity contribution in [2.75, 3.05) is 5.73 Å². The van der Waals surface area contributed by atoms with E-state index in [1.165, 1.54) is 6.07 Å². The van der Waals surface area contributed by atoms with Crippen LogP contribution in [0.15, 0.2) is 34.9 Å². The van der Waals surface area contributed by atoms with E-state index in [1.54, 1.807) is 24.4 Å².